The molecule has 0 aromatic rings. The standard InChI is InChI=1S/C31H58B2/c1-29(23-19-15-11-7-4-3-5-8-12-16-20-24-29)31(27-28-31)33-32-30(2)25-21-17-13-9-6-10-14-18-22-26-30/h3-28H2,1-2H3. The first-order chi connectivity index (χ1) is 16.1. The molecule has 33 heavy (non-hydrogen) atoms. The highest BCUT2D eigenvalue weighted by Gasteiger charge is 2.55. The summed E-state index contributed by atoms with van der Waals surface area (Å²) in [4.78, 5) is 0. The summed E-state index contributed by atoms with van der Waals surface area (Å²) in [5.41, 5.74) is 0.551. The van der Waals surface area contributed by atoms with Gasteiger partial charge in [-0.3, -0.25) is 0 Å². The molecule has 0 amide bonds. The first-order valence-electron chi connectivity index (χ1n) is 15.8. The SMILES string of the molecule is CC1([B][B]C2(C3(C)CCCCCCCCCCCCC3)CC2)CCCCCCCCCCC1. The molecule has 0 bridgehead atoms. The van der Waals surface area contributed by atoms with Gasteiger partial charge in [-0.2, -0.15) is 0 Å². The van der Waals surface area contributed by atoms with Crippen LogP contribution in [0.25, 0.3) is 0 Å². The van der Waals surface area contributed by atoms with Crippen LogP contribution in [0, 0.1) is 5.41 Å². The van der Waals surface area contributed by atoms with Crippen LogP contribution in [0.15, 0.2) is 0 Å². The van der Waals surface area contributed by atoms with Gasteiger partial charge in [0.05, 0.1) is 14.3 Å². The van der Waals surface area contributed by atoms with E-state index < -0.39 is 0 Å². The van der Waals surface area contributed by atoms with E-state index in [1.165, 1.54) is 167 Å². The van der Waals surface area contributed by atoms with Gasteiger partial charge < -0.3 is 0 Å². The molecule has 0 aromatic carbocycles. The van der Waals surface area contributed by atoms with E-state index in [0.717, 1.165) is 0 Å². The molecule has 188 valence electrons. The average molecular weight is 452 g/mol. The number of hydrogen-bond donors (Lipinski definition) is 0. The molecule has 3 aliphatic rings. The molecule has 0 aromatic heterocycles. The molecular formula is C31H58B2. The third-order valence-corrected chi connectivity index (χ3v) is 10.2. The normalized spacial score (nSPS) is 28.3. The van der Waals surface area contributed by atoms with Gasteiger partial charge in [0, 0.05) is 0 Å². The zero-order chi connectivity index (χ0) is 23.3. The van der Waals surface area contributed by atoms with Gasteiger partial charge >= 0.3 is 0 Å². The van der Waals surface area contributed by atoms with Crippen LogP contribution in [0.5, 0.6) is 0 Å². The van der Waals surface area contributed by atoms with Crippen LogP contribution in [0.1, 0.15) is 181 Å². The van der Waals surface area contributed by atoms with E-state index in [9.17, 15) is 0 Å². The van der Waals surface area contributed by atoms with Crippen molar-refractivity contribution in [3.63, 3.8) is 0 Å². The molecule has 0 atom stereocenters. The highest BCUT2D eigenvalue weighted by Crippen LogP contribution is 2.68. The Morgan fingerprint density at radius 3 is 0.970 bits per heavy atom. The highest BCUT2D eigenvalue weighted by atomic mass is 14.5. The van der Waals surface area contributed by atoms with Crippen molar-refractivity contribution in [1.82, 2.24) is 0 Å². The quantitative estimate of drug-likeness (QED) is 0.372. The average Bonchev–Trinajstić information content (AvgIpc) is 3.60. The summed E-state index contributed by atoms with van der Waals surface area (Å²) < 4.78 is 0. The van der Waals surface area contributed by atoms with E-state index in [1.54, 1.807) is 0 Å². The maximum Gasteiger partial charge on any atom is 0.0753 e. The lowest BCUT2D eigenvalue weighted by Crippen LogP contribution is -2.35. The van der Waals surface area contributed by atoms with Gasteiger partial charge in [-0.15, -0.1) is 0 Å². The summed E-state index contributed by atoms with van der Waals surface area (Å²) in [6.07, 6.45) is 38.3. The summed E-state index contributed by atoms with van der Waals surface area (Å²) in [5.74, 6) is 0. The van der Waals surface area contributed by atoms with Crippen molar-refractivity contribution in [3.8, 4) is 0 Å². The van der Waals surface area contributed by atoms with Crippen LogP contribution >= 0.6 is 0 Å². The molecule has 2 radical (unpaired) electrons. The van der Waals surface area contributed by atoms with Gasteiger partial charge in [-0.05, 0) is 18.3 Å². The molecule has 0 heterocycles. The lowest BCUT2D eigenvalue weighted by Gasteiger charge is -2.41. The monoisotopic (exact) mass is 452 g/mol. The maximum atomic E-state index is 2.82. The molecule has 3 fully saturated rings. The Morgan fingerprint density at radius 1 is 0.333 bits per heavy atom. The third-order valence-electron chi connectivity index (χ3n) is 10.2. The van der Waals surface area contributed by atoms with E-state index in [4.69, 9.17) is 0 Å². The van der Waals surface area contributed by atoms with Crippen LogP contribution in [-0.2, 0) is 0 Å². The maximum absolute atomic E-state index is 2.82. The van der Waals surface area contributed by atoms with Gasteiger partial charge in [0.1, 0.15) is 0 Å². The minimum atomic E-state index is 0.451. The fourth-order valence-corrected chi connectivity index (χ4v) is 7.30. The first-order valence-corrected chi connectivity index (χ1v) is 15.8. The van der Waals surface area contributed by atoms with Gasteiger partial charge in [-0.1, -0.05) is 179 Å². The largest absolute Gasteiger partial charge is 0.0753 e. The van der Waals surface area contributed by atoms with E-state index in [-0.39, 0.29) is 0 Å². The zero-order valence-corrected chi connectivity index (χ0v) is 23.0. The van der Waals surface area contributed by atoms with Gasteiger partial charge in [0.25, 0.3) is 0 Å². The number of hydrogen-bond acceptors (Lipinski definition) is 0. The van der Waals surface area contributed by atoms with Crippen LogP contribution in [0.2, 0.25) is 10.6 Å². The van der Waals surface area contributed by atoms with Crippen LogP contribution < -0.4 is 0 Å². The van der Waals surface area contributed by atoms with Crippen molar-refractivity contribution in [2.24, 2.45) is 5.41 Å². The Labute approximate surface area is 211 Å². The molecule has 3 rings (SSSR count). The van der Waals surface area contributed by atoms with E-state index in [0.29, 0.717) is 16.0 Å². The second kappa shape index (κ2) is 14.6. The van der Waals surface area contributed by atoms with Gasteiger partial charge in [0.15, 0.2) is 0 Å². The van der Waals surface area contributed by atoms with Crippen LogP contribution in [0.3, 0.4) is 0 Å². The lowest BCUT2D eigenvalue weighted by molar-refractivity contribution is 0.219. The van der Waals surface area contributed by atoms with Crippen molar-refractivity contribution in [2.75, 3.05) is 0 Å². The van der Waals surface area contributed by atoms with Crippen LogP contribution in [0.4, 0.5) is 0 Å². The van der Waals surface area contributed by atoms with E-state index in [2.05, 4.69) is 28.2 Å². The lowest BCUT2D eigenvalue weighted by atomic mass is 9.20. The summed E-state index contributed by atoms with van der Waals surface area (Å²) in [6, 6.07) is 0. The van der Waals surface area contributed by atoms with E-state index >= 15 is 0 Å². The predicted molar refractivity (Wildman–Crippen MR) is 151 cm³/mol. The second-order valence-electron chi connectivity index (χ2n) is 13.3. The molecule has 2 heteroatoms. The summed E-state index contributed by atoms with van der Waals surface area (Å²) in [6.45, 7) is 5.32. The molecule has 0 spiro atoms. The van der Waals surface area contributed by atoms with Crippen LogP contribution in [-0.4, -0.2) is 14.3 Å². The predicted octanol–water partition coefficient (Wildman–Crippen LogP) is 10.8. The Morgan fingerprint density at radius 2 is 0.636 bits per heavy atom. The molecule has 0 nitrogen and oxygen atoms in total. The van der Waals surface area contributed by atoms with Crippen molar-refractivity contribution >= 4 is 14.3 Å². The second-order valence-corrected chi connectivity index (χ2v) is 13.3. The minimum absolute atomic E-state index is 0.451. The Bertz CT molecular complexity index is 483. The molecular weight excluding hydrogens is 394 g/mol. The molecule has 0 N–H and O–H groups in total. The third kappa shape index (κ3) is 9.60. The molecule has 3 saturated carbocycles. The smallest absolute Gasteiger partial charge is 0.0688 e. The van der Waals surface area contributed by atoms with Crippen molar-refractivity contribution in [3.05, 3.63) is 0 Å². The van der Waals surface area contributed by atoms with Crippen molar-refractivity contribution < 1.29 is 0 Å². The highest BCUT2D eigenvalue weighted by molar-refractivity contribution is 7.03. The molecule has 3 aliphatic carbocycles. The van der Waals surface area contributed by atoms with Gasteiger partial charge in [-0.25, -0.2) is 0 Å². The molecule has 0 aliphatic heterocycles. The van der Waals surface area contributed by atoms with Gasteiger partial charge in [0.2, 0.25) is 0 Å². The Kier molecular flexibility index (Phi) is 12.3. The minimum Gasteiger partial charge on any atom is -0.0688 e. The summed E-state index contributed by atoms with van der Waals surface area (Å²) in [7, 11) is 5.60. The molecule has 0 saturated heterocycles. The van der Waals surface area contributed by atoms with E-state index in [1.807, 2.05) is 0 Å². The topological polar surface area (TPSA) is 0 Å². The zero-order valence-electron chi connectivity index (χ0n) is 23.0. The Balaban J connectivity index is 1.56. The molecule has 0 unspecified atom stereocenters. The fraction of sp³-hybridized carbons (Fsp3) is 1.00. The summed E-state index contributed by atoms with van der Waals surface area (Å²) in [5, 5.41) is 0.990. The first kappa shape index (κ1) is 27.7. The Hall–Kier alpha value is 0.130. The van der Waals surface area contributed by atoms with Crippen molar-refractivity contribution in [1.29, 1.82) is 0 Å². The fourth-order valence-electron chi connectivity index (χ4n) is 7.30. The summed E-state index contributed by atoms with van der Waals surface area (Å²) >= 11 is 0. The van der Waals surface area contributed by atoms with Crippen molar-refractivity contribution in [2.45, 2.75) is 191 Å². The number of rotatable bonds is 4.